The lowest BCUT2D eigenvalue weighted by Gasteiger charge is -2.18. The molecule has 0 radical (unpaired) electrons. The standard InChI is InChI=1S/C15H23NO2/c1-11-10-14(6-7-16(4)8-9-17)12(2)13(3)15(11)18-5/h9-10H,6-8H2,1-5H3. The van der Waals surface area contributed by atoms with E-state index in [-0.39, 0.29) is 0 Å². The van der Waals surface area contributed by atoms with Crippen LogP contribution in [0, 0.1) is 20.8 Å². The highest BCUT2D eigenvalue weighted by atomic mass is 16.5. The fourth-order valence-corrected chi connectivity index (χ4v) is 2.25. The van der Waals surface area contributed by atoms with Gasteiger partial charge in [0, 0.05) is 6.54 Å². The summed E-state index contributed by atoms with van der Waals surface area (Å²) < 4.78 is 5.42. The van der Waals surface area contributed by atoms with Crippen LogP contribution in [0.4, 0.5) is 0 Å². The molecular formula is C15H23NO2. The first-order chi connectivity index (χ1) is 8.51. The molecule has 0 aliphatic rings. The van der Waals surface area contributed by atoms with Gasteiger partial charge >= 0.3 is 0 Å². The van der Waals surface area contributed by atoms with E-state index in [0.29, 0.717) is 6.54 Å². The van der Waals surface area contributed by atoms with Crippen LogP contribution in [0.3, 0.4) is 0 Å². The van der Waals surface area contributed by atoms with Gasteiger partial charge in [-0.2, -0.15) is 0 Å². The van der Waals surface area contributed by atoms with Crippen LogP contribution in [0.2, 0.25) is 0 Å². The second kappa shape index (κ2) is 6.55. The van der Waals surface area contributed by atoms with Crippen molar-refractivity contribution in [1.29, 1.82) is 0 Å². The fourth-order valence-electron chi connectivity index (χ4n) is 2.25. The lowest BCUT2D eigenvalue weighted by molar-refractivity contribution is -0.108. The van der Waals surface area contributed by atoms with Crippen molar-refractivity contribution in [3.8, 4) is 5.75 Å². The Kier molecular flexibility index (Phi) is 5.35. The summed E-state index contributed by atoms with van der Waals surface area (Å²) in [5.41, 5.74) is 5.01. The van der Waals surface area contributed by atoms with E-state index < -0.39 is 0 Å². The number of aryl methyl sites for hydroxylation is 1. The molecule has 100 valence electrons. The second-order valence-electron chi connectivity index (χ2n) is 4.81. The molecule has 0 atom stereocenters. The summed E-state index contributed by atoms with van der Waals surface area (Å²) in [5.74, 6) is 0.984. The molecule has 1 aromatic rings. The molecule has 0 saturated heterocycles. The van der Waals surface area contributed by atoms with Gasteiger partial charge in [0.25, 0.3) is 0 Å². The third-order valence-electron chi connectivity index (χ3n) is 3.49. The van der Waals surface area contributed by atoms with Gasteiger partial charge in [-0.25, -0.2) is 0 Å². The minimum atomic E-state index is 0.493. The van der Waals surface area contributed by atoms with Gasteiger partial charge < -0.3 is 9.53 Å². The zero-order valence-electron chi connectivity index (χ0n) is 12.0. The van der Waals surface area contributed by atoms with Crippen molar-refractivity contribution in [2.75, 3.05) is 27.2 Å². The number of ether oxygens (including phenoxy) is 1. The number of hydrogen-bond donors (Lipinski definition) is 0. The molecule has 0 aliphatic carbocycles. The average molecular weight is 249 g/mol. The van der Waals surface area contributed by atoms with Crippen LogP contribution in [0.25, 0.3) is 0 Å². The molecule has 1 aromatic carbocycles. The van der Waals surface area contributed by atoms with Crippen molar-refractivity contribution >= 4 is 6.29 Å². The minimum Gasteiger partial charge on any atom is -0.496 e. The Bertz CT molecular complexity index is 427. The Hall–Kier alpha value is -1.35. The van der Waals surface area contributed by atoms with Crippen LogP contribution in [0.15, 0.2) is 6.07 Å². The van der Waals surface area contributed by atoms with Gasteiger partial charge in [0.05, 0.1) is 13.7 Å². The maximum atomic E-state index is 10.4. The number of methoxy groups -OCH3 is 1. The molecule has 0 spiro atoms. The number of aldehydes is 1. The van der Waals surface area contributed by atoms with Crippen LogP contribution in [0.5, 0.6) is 5.75 Å². The summed E-state index contributed by atoms with van der Waals surface area (Å²) in [5, 5.41) is 0. The van der Waals surface area contributed by atoms with Gasteiger partial charge in [-0.1, -0.05) is 6.07 Å². The summed E-state index contributed by atoms with van der Waals surface area (Å²) in [7, 11) is 3.68. The topological polar surface area (TPSA) is 29.5 Å². The first-order valence-corrected chi connectivity index (χ1v) is 6.27. The lowest BCUT2D eigenvalue weighted by atomic mass is 9.96. The zero-order valence-corrected chi connectivity index (χ0v) is 12.0. The van der Waals surface area contributed by atoms with Crippen LogP contribution in [-0.4, -0.2) is 38.4 Å². The molecule has 1 rings (SSSR count). The molecule has 0 heterocycles. The maximum Gasteiger partial charge on any atom is 0.133 e. The molecule has 0 saturated carbocycles. The average Bonchev–Trinajstić information content (AvgIpc) is 2.33. The summed E-state index contributed by atoms with van der Waals surface area (Å²) in [4.78, 5) is 12.5. The van der Waals surface area contributed by atoms with E-state index in [9.17, 15) is 4.79 Å². The third kappa shape index (κ3) is 3.33. The Labute approximate surface area is 110 Å². The van der Waals surface area contributed by atoms with Crippen molar-refractivity contribution in [3.05, 3.63) is 28.3 Å². The van der Waals surface area contributed by atoms with Crippen molar-refractivity contribution in [2.24, 2.45) is 0 Å². The second-order valence-corrected chi connectivity index (χ2v) is 4.81. The molecule has 0 N–H and O–H groups in total. The van der Waals surface area contributed by atoms with E-state index in [1.807, 2.05) is 11.9 Å². The lowest BCUT2D eigenvalue weighted by Crippen LogP contribution is -2.23. The van der Waals surface area contributed by atoms with Crippen LogP contribution in [-0.2, 0) is 11.2 Å². The molecule has 3 nitrogen and oxygen atoms in total. The molecule has 0 aliphatic heterocycles. The largest absolute Gasteiger partial charge is 0.496 e. The van der Waals surface area contributed by atoms with Crippen molar-refractivity contribution in [1.82, 2.24) is 4.90 Å². The molecule has 3 heteroatoms. The minimum absolute atomic E-state index is 0.493. The molecule has 0 fully saturated rings. The summed E-state index contributed by atoms with van der Waals surface area (Å²) in [6.45, 7) is 7.69. The highest BCUT2D eigenvalue weighted by molar-refractivity contribution is 5.52. The van der Waals surface area contributed by atoms with Crippen molar-refractivity contribution in [3.63, 3.8) is 0 Å². The third-order valence-corrected chi connectivity index (χ3v) is 3.49. The zero-order chi connectivity index (χ0) is 13.7. The number of nitrogens with zero attached hydrogens (tertiary/aromatic N) is 1. The fraction of sp³-hybridized carbons (Fsp3) is 0.533. The van der Waals surface area contributed by atoms with Gasteiger partial charge in [0.15, 0.2) is 0 Å². The van der Waals surface area contributed by atoms with Crippen LogP contribution in [0.1, 0.15) is 22.3 Å². The summed E-state index contributed by atoms with van der Waals surface area (Å²) >= 11 is 0. The van der Waals surface area contributed by atoms with E-state index in [1.54, 1.807) is 7.11 Å². The molecular weight excluding hydrogens is 226 g/mol. The number of carbonyl (C=O) groups is 1. The Balaban J connectivity index is 2.87. The number of benzene rings is 1. The highest BCUT2D eigenvalue weighted by Gasteiger charge is 2.10. The normalized spacial score (nSPS) is 10.8. The summed E-state index contributed by atoms with van der Waals surface area (Å²) in [6, 6.07) is 2.19. The Morgan fingerprint density at radius 1 is 1.28 bits per heavy atom. The Morgan fingerprint density at radius 2 is 1.94 bits per heavy atom. The molecule has 0 bridgehead atoms. The summed E-state index contributed by atoms with van der Waals surface area (Å²) in [6.07, 6.45) is 1.90. The predicted molar refractivity (Wildman–Crippen MR) is 74.5 cm³/mol. The van der Waals surface area contributed by atoms with Gasteiger partial charge in [-0.3, -0.25) is 4.90 Å². The van der Waals surface area contributed by atoms with E-state index in [2.05, 4.69) is 26.8 Å². The van der Waals surface area contributed by atoms with Crippen molar-refractivity contribution < 1.29 is 9.53 Å². The monoisotopic (exact) mass is 249 g/mol. The van der Waals surface area contributed by atoms with Gasteiger partial charge in [-0.15, -0.1) is 0 Å². The van der Waals surface area contributed by atoms with Gasteiger partial charge in [-0.05, 0) is 56.5 Å². The van der Waals surface area contributed by atoms with Crippen LogP contribution < -0.4 is 4.74 Å². The first kappa shape index (κ1) is 14.7. The number of likely N-dealkylation sites (N-methyl/N-ethyl adjacent to an activating group) is 1. The molecule has 0 aromatic heterocycles. The Morgan fingerprint density at radius 3 is 2.50 bits per heavy atom. The van der Waals surface area contributed by atoms with E-state index in [0.717, 1.165) is 25.0 Å². The van der Waals surface area contributed by atoms with E-state index in [1.165, 1.54) is 22.3 Å². The quantitative estimate of drug-likeness (QED) is 0.724. The molecule has 18 heavy (non-hydrogen) atoms. The number of carbonyl (C=O) groups excluding carboxylic acids is 1. The predicted octanol–water partition coefficient (Wildman–Crippen LogP) is 2.29. The number of hydrogen-bond acceptors (Lipinski definition) is 3. The smallest absolute Gasteiger partial charge is 0.133 e. The molecule has 0 amide bonds. The SMILES string of the molecule is COc1c(C)cc(CCN(C)CC=O)c(C)c1C. The van der Waals surface area contributed by atoms with Crippen LogP contribution >= 0.6 is 0 Å². The van der Waals surface area contributed by atoms with E-state index in [4.69, 9.17) is 4.74 Å². The molecule has 0 unspecified atom stereocenters. The van der Waals surface area contributed by atoms with Gasteiger partial charge in [0.1, 0.15) is 12.0 Å². The van der Waals surface area contributed by atoms with Crippen molar-refractivity contribution in [2.45, 2.75) is 27.2 Å². The van der Waals surface area contributed by atoms with Gasteiger partial charge in [0.2, 0.25) is 0 Å². The van der Waals surface area contributed by atoms with E-state index >= 15 is 0 Å². The number of rotatable bonds is 6. The first-order valence-electron chi connectivity index (χ1n) is 6.27. The maximum absolute atomic E-state index is 10.4. The highest BCUT2D eigenvalue weighted by Crippen LogP contribution is 2.28.